The molecular formula is C12H13BrO2. The predicted molar refractivity (Wildman–Crippen MR) is 63.1 cm³/mol. The number of alkyl halides is 1. The Balaban J connectivity index is 2.56. The molecule has 0 saturated carbocycles. The molecular weight excluding hydrogens is 256 g/mol. The normalized spacial score (nSPS) is 19.9. The highest BCUT2D eigenvalue weighted by atomic mass is 79.9. The van der Waals surface area contributed by atoms with Gasteiger partial charge in [-0.25, -0.2) is 0 Å². The van der Waals surface area contributed by atoms with Crippen molar-refractivity contribution in [1.29, 1.82) is 0 Å². The number of rotatable bonds is 1. The topological polar surface area (TPSA) is 26.3 Å². The summed E-state index contributed by atoms with van der Waals surface area (Å²) in [5.74, 6) is 0.944. The van der Waals surface area contributed by atoms with Crippen molar-refractivity contribution in [2.45, 2.75) is 24.6 Å². The van der Waals surface area contributed by atoms with Gasteiger partial charge < -0.3 is 4.74 Å². The Hall–Kier alpha value is -0.830. The molecule has 1 aromatic rings. The van der Waals surface area contributed by atoms with Crippen LogP contribution in [0.15, 0.2) is 12.1 Å². The van der Waals surface area contributed by atoms with E-state index in [1.807, 2.05) is 19.1 Å². The molecule has 2 rings (SSSR count). The lowest BCUT2D eigenvalue weighted by atomic mass is 9.87. The molecule has 15 heavy (non-hydrogen) atoms. The van der Waals surface area contributed by atoms with E-state index in [0.29, 0.717) is 0 Å². The third-order valence-electron chi connectivity index (χ3n) is 2.88. The van der Waals surface area contributed by atoms with Gasteiger partial charge in [-0.05, 0) is 43.0 Å². The van der Waals surface area contributed by atoms with Crippen LogP contribution in [-0.4, -0.2) is 17.7 Å². The van der Waals surface area contributed by atoms with E-state index in [1.54, 1.807) is 7.11 Å². The molecule has 1 aliphatic carbocycles. The van der Waals surface area contributed by atoms with Crippen molar-refractivity contribution in [2.75, 3.05) is 7.11 Å². The van der Waals surface area contributed by atoms with Crippen LogP contribution in [0.2, 0.25) is 0 Å². The van der Waals surface area contributed by atoms with Crippen LogP contribution < -0.4 is 4.74 Å². The summed E-state index contributed by atoms with van der Waals surface area (Å²) in [6.07, 6.45) is 1.85. The maximum Gasteiger partial charge on any atom is 0.176 e. The Labute approximate surface area is 97.8 Å². The molecule has 1 atom stereocenters. The van der Waals surface area contributed by atoms with E-state index < -0.39 is 0 Å². The van der Waals surface area contributed by atoms with Crippen molar-refractivity contribution < 1.29 is 9.53 Å². The summed E-state index contributed by atoms with van der Waals surface area (Å²) in [4.78, 5) is 11.9. The summed E-state index contributed by atoms with van der Waals surface area (Å²) in [6.45, 7) is 2.03. The van der Waals surface area contributed by atoms with Gasteiger partial charge in [-0.3, -0.25) is 4.79 Å². The van der Waals surface area contributed by atoms with E-state index in [9.17, 15) is 4.79 Å². The summed E-state index contributed by atoms with van der Waals surface area (Å²) >= 11 is 3.40. The zero-order valence-corrected chi connectivity index (χ0v) is 10.4. The van der Waals surface area contributed by atoms with E-state index in [-0.39, 0.29) is 10.6 Å². The second kappa shape index (κ2) is 3.97. The minimum atomic E-state index is -0.0310. The zero-order valence-electron chi connectivity index (χ0n) is 8.84. The van der Waals surface area contributed by atoms with Crippen LogP contribution in [-0.2, 0) is 6.42 Å². The number of benzene rings is 1. The lowest BCUT2D eigenvalue weighted by molar-refractivity contribution is 0.0981. The lowest BCUT2D eigenvalue weighted by Gasteiger charge is -2.21. The average Bonchev–Trinajstić information content (AvgIpc) is 2.23. The van der Waals surface area contributed by atoms with Crippen LogP contribution in [0.3, 0.4) is 0 Å². The number of carbonyl (C=O) groups excluding carboxylic acids is 1. The standard InChI is InChI=1S/C12H13BrO2/c1-7-5-8(15-2)6-10-9(7)3-4-11(13)12(10)14/h5-6,11H,3-4H2,1-2H3. The van der Waals surface area contributed by atoms with Gasteiger partial charge in [0.15, 0.2) is 5.78 Å². The smallest absolute Gasteiger partial charge is 0.176 e. The Kier molecular flexibility index (Phi) is 2.83. The minimum Gasteiger partial charge on any atom is -0.497 e. The van der Waals surface area contributed by atoms with Crippen LogP contribution in [0.25, 0.3) is 0 Å². The SMILES string of the molecule is COc1cc(C)c2c(c1)C(=O)C(Br)CC2. The van der Waals surface area contributed by atoms with Gasteiger partial charge in [-0.1, -0.05) is 15.9 Å². The molecule has 1 aromatic carbocycles. The van der Waals surface area contributed by atoms with Crippen LogP contribution >= 0.6 is 15.9 Å². The van der Waals surface area contributed by atoms with Gasteiger partial charge in [0.05, 0.1) is 11.9 Å². The molecule has 0 N–H and O–H groups in total. The molecule has 0 saturated heterocycles. The number of Topliss-reactive ketones (excluding diaryl/α,β-unsaturated/α-hetero) is 1. The minimum absolute atomic E-state index is 0.0310. The average molecular weight is 269 g/mol. The number of fused-ring (bicyclic) bond motifs is 1. The molecule has 0 radical (unpaired) electrons. The van der Waals surface area contributed by atoms with Crippen LogP contribution in [0.1, 0.15) is 27.9 Å². The summed E-state index contributed by atoms with van der Waals surface area (Å²) in [6, 6.07) is 3.83. The number of halogens is 1. The van der Waals surface area contributed by atoms with E-state index in [1.165, 1.54) is 5.56 Å². The first-order chi connectivity index (χ1) is 7.13. The molecule has 0 aromatic heterocycles. The monoisotopic (exact) mass is 268 g/mol. The first-order valence-electron chi connectivity index (χ1n) is 4.99. The molecule has 0 spiro atoms. The molecule has 0 amide bonds. The Morgan fingerprint density at radius 3 is 2.87 bits per heavy atom. The van der Waals surface area contributed by atoms with E-state index in [0.717, 1.165) is 29.7 Å². The fourth-order valence-electron chi connectivity index (χ4n) is 2.02. The molecule has 80 valence electrons. The quantitative estimate of drug-likeness (QED) is 0.733. The first-order valence-corrected chi connectivity index (χ1v) is 5.91. The summed E-state index contributed by atoms with van der Waals surface area (Å²) in [7, 11) is 1.63. The van der Waals surface area contributed by atoms with Crippen molar-refractivity contribution in [2.24, 2.45) is 0 Å². The largest absolute Gasteiger partial charge is 0.497 e. The molecule has 0 heterocycles. The molecule has 1 aliphatic rings. The maximum absolute atomic E-state index is 11.9. The van der Waals surface area contributed by atoms with Gasteiger partial charge in [0, 0.05) is 5.56 Å². The number of ether oxygens (including phenoxy) is 1. The number of ketones is 1. The second-order valence-corrected chi connectivity index (χ2v) is 4.95. The van der Waals surface area contributed by atoms with E-state index >= 15 is 0 Å². The number of carbonyl (C=O) groups is 1. The number of methoxy groups -OCH3 is 1. The summed E-state index contributed by atoms with van der Waals surface area (Å²) < 4.78 is 5.18. The highest BCUT2D eigenvalue weighted by Gasteiger charge is 2.26. The highest BCUT2D eigenvalue weighted by Crippen LogP contribution is 2.31. The van der Waals surface area contributed by atoms with Crippen LogP contribution in [0.5, 0.6) is 5.75 Å². The Morgan fingerprint density at radius 2 is 2.20 bits per heavy atom. The van der Waals surface area contributed by atoms with Gasteiger partial charge in [0.25, 0.3) is 0 Å². The summed E-state index contributed by atoms with van der Waals surface area (Å²) in [5.41, 5.74) is 3.15. The molecule has 0 aliphatic heterocycles. The molecule has 0 bridgehead atoms. The molecule has 0 fully saturated rings. The van der Waals surface area contributed by atoms with Crippen LogP contribution in [0.4, 0.5) is 0 Å². The molecule has 1 unspecified atom stereocenters. The zero-order chi connectivity index (χ0) is 11.0. The van der Waals surface area contributed by atoms with Gasteiger partial charge >= 0.3 is 0 Å². The number of aryl methyl sites for hydroxylation is 1. The van der Waals surface area contributed by atoms with Crippen molar-refractivity contribution in [1.82, 2.24) is 0 Å². The van der Waals surface area contributed by atoms with E-state index in [2.05, 4.69) is 15.9 Å². The van der Waals surface area contributed by atoms with Gasteiger partial charge in [0.1, 0.15) is 5.75 Å². The molecule has 2 nitrogen and oxygen atoms in total. The fraction of sp³-hybridized carbons (Fsp3) is 0.417. The first kappa shape index (κ1) is 10.7. The maximum atomic E-state index is 11.9. The third kappa shape index (κ3) is 1.81. The lowest BCUT2D eigenvalue weighted by Crippen LogP contribution is -2.23. The van der Waals surface area contributed by atoms with Crippen molar-refractivity contribution in [3.05, 3.63) is 28.8 Å². The highest BCUT2D eigenvalue weighted by molar-refractivity contribution is 9.10. The second-order valence-electron chi connectivity index (χ2n) is 3.84. The molecule has 3 heteroatoms. The Morgan fingerprint density at radius 1 is 1.47 bits per heavy atom. The number of hydrogen-bond acceptors (Lipinski definition) is 2. The van der Waals surface area contributed by atoms with Gasteiger partial charge in [0.2, 0.25) is 0 Å². The van der Waals surface area contributed by atoms with Crippen molar-refractivity contribution in [3.8, 4) is 5.75 Å². The van der Waals surface area contributed by atoms with Crippen molar-refractivity contribution >= 4 is 21.7 Å². The number of hydrogen-bond donors (Lipinski definition) is 0. The van der Waals surface area contributed by atoms with Crippen molar-refractivity contribution in [3.63, 3.8) is 0 Å². The predicted octanol–water partition coefficient (Wildman–Crippen LogP) is 2.90. The summed E-state index contributed by atoms with van der Waals surface area (Å²) in [5, 5.41) is 0. The van der Waals surface area contributed by atoms with Gasteiger partial charge in [-0.15, -0.1) is 0 Å². The third-order valence-corrected chi connectivity index (χ3v) is 3.75. The Bertz CT molecular complexity index is 412. The van der Waals surface area contributed by atoms with E-state index in [4.69, 9.17) is 4.74 Å². The van der Waals surface area contributed by atoms with Crippen LogP contribution in [0, 0.1) is 6.92 Å². The fourth-order valence-corrected chi connectivity index (χ4v) is 2.50. The van der Waals surface area contributed by atoms with Gasteiger partial charge in [-0.2, -0.15) is 0 Å².